The minimum atomic E-state index is -4.90. The van der Waals surface area contributed by atoms with Crippen molar-refractivity contribution in [3.8, 4) is 0 Å². The molecular weight excluding hydrogens is 606 g/mol. The van der Waals surface area contributed by atoms with Crippen LogP contribution < -0.4 is 16.8 Å². The van der Waals surface area contributed by atoms with E-state index in [9.17, 15) is 31.0 Å². The fraction of sp³-hybridized carbons (Fsp3) is 0.200. The first-order valence-corrected chi connectivity index (χ1v) is 15.4. The van der Waals surface area contributed by atoms with Crippen LogP contribution in [0.2, 0.25) is 0 Å². The zero-order valence-electron chi connectivity index (χ0n) is 22.5. The Balaban J connectivity index is 1.95. The van der Waals surface area contributed by atoms with Crippen LogP contribution in [-0.2, 0) is 24.7 Å². The number of aliphatic hydroxyl groups is 1. The largest absolute Gasteiger partial charge is 0.465 e. The van der Waals surface area contributed by atoms with Crippen LogP contribution in [0.15, 0.2) is 79.9 Å². The maximum atomic E-state index is 12.5. The van der Waals surface area contributed by atoms with E-state index in [0.29, 0.717) is 0 Å². The number of methoxy groups -OCH3 is 1. The summed E-state index contributed by atoms with van der Waals surface area (Å²) in [7, 11) is -7.24. The van der Waals surface area contributed by atoms with Gasteiger partial charge in [0.2, 0.25) is 0 Å². The van der Waals surface area contributed by atoms with E-state index in [-0.39, 0.29) is 51.9 Å². The number of sulfone groups is 1. The summed E-state index contributed by atoms with van der Waals surface area (Å²) in [5.41, 5.74) is 11.0. The van der Waals surface area contributed by atoms with Gasteiger partial charge in [-0.15, -0.1) is 15.3 Å². The smallest absolute Gasteiger partial charge is 0.340 e. The van der Waals surface area contributed by atoms with Gasteiger partial charge >= 0.3 is 5.97 Å². The number of amides is 1. The molecule has 0 radical (unpaired) electrons. The number of benzene rings is 3. The van der Waals surface area contributed by atoms with Crippen LogP contribution >= 0.6 is 0 Å². The monoisotopic (exact) mass is 633 g/mol. The van der Waals surface area contributed by atoms with E-state index in [1.54, 1.807) is 12.1 Å². The van der Waals surface area contributed by atoms with E-state index >= 15 is 0 Å². The second-order valence-electron chi connectivity index (χ2n) is 8.64. The van der Waals surface area contributed by atoms with Crippen molar-refractivity contribution >= 4 is 66.0 Å². The number of hydrogen-bond donors (Lipinski definition) is 5. The zero-order chi connectivity index (χ0) is 31.8. The lowest BCUT2D eigenvalue weighted by molar-refractivity contribution is 0.0601. The highest BCUT2D eigenvalue weighted by Crippen LogP contribution is 2.43. The SMILES string of the molecule is COC(=O)c1ccccc1/N=N/c1c(N)c(/N=N/c2cccc(C(=O)NCCS(=O)(=O)CCO)c2)cc(S(=O)(=O)O)c1N. The van der Waals surface area contributed by atoms with Gasteiger partial charge in [0, 0.05) is 12.1 Å². The van der Waals surface area contributed by atoms with Gasteiger partial charge in [-0.2, -0.15) is 13.5 Å². The Hall–Kier alpha value is -4.78. The van der Waals surface area contributed by atoms with Gasteiger partial charge in [0.1, 0.15) is 22.0 Å². The first-order valence-electron chi connectivity index (χ1n) is 12.2. The molecule has 3 rings (SSSR count). The summed E-state index contributed by atoms with van der Waals surface area (Å²) in [6.45, 7) is -0.712. The van der Waals surface area contributed by atoms with Gasteiger partial charge in [-0.3, -0.25) is 9.35 Å². The Morgan fingerprint density at radius 2 is 1.58 bits per heavy atom. The number of ether oxygens (including phenoxy) is 1. The molecular formula is C25H27N7O9S2. The fourth-order valence-electron chi connectivity index (χ4n) is 3.50. The molecule has 0 heterocycles. The highest BCUT2D eigenvalue weighted by molar-refractivity contribution is 7.91. The Morgan fingerprint density at radius 3 is 2.26 bits per heavy atom. The number of esters is 1. The summed E-state index contributed by atoms with van der Waals surface area (Å²) in [6.07, 6.45) is 0. The van der Waals surface area contributed by atoms with E-state index in [0.717, 1.165) is 6.07 Å². The molecule has 18 heteroatoms. The molecule has 0 spiro atoms. The lowest BCUT2D eigenvalue weighted by Crippen LogP contribution is -2.30. The van der Waals surface area contributed by atoms with Crippen LogP contribution in [0.5, 0.6) is 0 Å². The molecule has 16 nitrogen and oxygen atoms in total. The van der Waals surface area contributed by atoms with Crippen molar-refractivity contribution in [3.05, 3.63) is 65.7 Å². The molecule has 228 valence electrons. The number of nitrogens with two attached hydrogens (primary N) is 2. The van der Waals surface area contributed by atoms with Gasteiger partial charge in [0.05, 0.1) is 47.8 Å². The fourth-order valence-corrected chi connectivity index (χ4v) is 5.03. The van der Waals surface area contributed by atoms with Gasteiger partial charge < -0.3 is 26.6 Å². The number of carbonyl (C=O) groups excluding carboxylic acids is 2. The average Bonchev–Trinajstić information content (AvgIpc) is 2.95. The molecule has 7 N–H and O–H groups in total. The lowest BCUT2D eigenvalue weighted by atomic mass is 10.2. The molecule has 3 aromatic carbocycles. The van der Waals surface area contributed by atoms with Gasteiger partial charge in [-0.05, 0) is 36.4 Å². The third-order valence-corrected chi connectivity index (χ3v) is 8.17. The summed E-state index contributed by atoms with van der Waals surface area (Å²) >= 11 is 0. The highest BCUT2D eigenvalue weighted by Gasteiger charge is 2.23. The molecule has 1 amide bonds. The highest BCUT2D eigenvalue weighted by atomic mass is 32.2. The second-order valence-corrected chi connectivity index (χ2v) is 12.3. The number of nitrogen functional groups attached to an aromatic ring is 2. The van der Waals surface area contributed by atoms with Crippen LogP contribution in [-0.4, -0.2) is 70.1 Å². The number of rotatable bonds is 12. The lowest BCUT2D eigenvalue weighted by Gasteiger charge is -2.11. The van der Waals surface area contributed by atoms with Crippen molar-refractivity contribution in [2.45, 2.75) is 4.90 Å². The third kappa shape index (κ3) is 8.61. The molecule has 0 fully saturated rings. The quantitative estimate of drug-likeness (QED) is 0.0837. The molecule has 0 aliphatic rings. The van der Waals surface area contributed by atoms with Crippen LogP contribution in [0.4, 0.5) is 34.1 Å². The number of nitrogens with one attached hydrogen (secondary N) is 1. The van der Waals surface area contributed by atoms with Crippen molar-refractivity contribution in [2.24, 2.45) is 20.5 Å². The molecule has 0 saturated heterocycles. The Kier molecular flexibility index (Phi) is 10.6. The summed E-state index contributed by atoms with van der Waals surface area (Å²) in [6, 6.07) is 12.6. The Morgan fingerprint density at radius 1 is 0.884 bits per heavy atom. The van der Waals surface area contributed by atoms with Crippen molar-refractivity contribution < 1.29 is 40.8 Å². The predicted octanol–water partition coefficient (Wildman–Crippen LogP) is 2.85. The molecule has 3 aromatic rings. The van der Waals surface area contributed by atoms with Gasteiger partial charge in [-0.1, -0.05) is 18.2 Å². The third-order valence-electron chi connectivity index (χ3n) is 5.65. The van der Waals surface area contributed by atoms with E-state index in [1.165, 1.54) is 43.5 Å². The Labute approximate surface area is 246 Å². The number of anilines is 2. The van der Waals surface area contributed by atoms with Gasteiger partial charge in [0.15, 0.2) is 9.84 Å². The van der Waals surface area contributed by atoms with E-state index in [2.05, 4.69) is 25.8 Å². The first-order chi connectivity index (χ1) is 20.3. The summed E-state index contributed by atoms with van der Waals surface area (Å²) in [4.78, 5) is 23.7. The molecule has 0 atom stereocenters. The van der Waals surface area contributed by atoms with Crippen LogP contribution in [0.3, 0.4) is 0 Å². The maximum absolute atomic E-state index is 12.5. The molecule has 0 unspecified atom stereocenters. The first kappa shape index (κ1) is 32.7. The molecule has 43 heavy (non-hydrogen) atoms. The van der Waals surface area contributed by atoms with Gasteiger partial charge in [-0.25, -0.2) is 13.2 Å². The Bertz CT molecular complexity index is 1810. The minimum Gasteiger partial charge on any atom is -0.465 e. The van der Waals surface area contributed by atoms with Crippen LogP contribution in [0.1, 0.15) is 20.7 Å². The predicted molar refractivity (Wildman–Crippen MR) is 156 cm³/mol. The normalized spacial score (nSPS) is 12.1. The average molecular weight is 634 g/mol. The van der Waals surface area contributed by atoms with E-state index in [1.807, 2.05) is 0 Å². The zero-order valence-corrected chi connectivity index (χ0v) is 24.2. The summed E-state index contributed by atoms with van der Waals surface area (Å²) < 4.78 is 61.9. The summed E-state index contributed by atoms with van der Waals surface area (Å²) in [5, 5.41) is 27.0. The number of hydrogen-bond acceptors (Lipinski definition) is 14. The molecule has 0 aliphatic carbocycles. The maximum Gasteiger partial charge on any atom is 0.340 e. The number of aliphatic hydroxyl groups excluding tert-OH is 1. The molecule has 0 bridgehead atoms. The van der Waals surface area contributed by atoms with Crippen LogP contribution in [0, 0.1) is 0 Å². The molecule has 0 aromatic heterocycles. The van der Waals surface area contributed by atoms with E-state index < -0.39 is 54.8 Å². The number of nitrogens with zero attached hydrogens (tertiary/aromatic N) is 4. The minimum absolute atomic E-state index is 0.0486. The van der Waals surface area contributed by atoms with Crippen molar-refractivity contribution in [1.29, 1.82) is 0 Å². The second kappa shape index (κ2) is 13.9. The number of carbonyl (C=O) groups is 2. The van der Waals surface area contributed by atoms with Crippen molar-refractivity contribution in [3.63, 3.8) is 0 Å². The topological polar surface area (TPSA) is 266 Å². The van der Waals surface area contributed by atoms with Crippen LogP contribution in [0.25, 0.3) is 0 Å². The van der Waals surface area contributed by atoms with E-state index in [4.69, 9.17) is 21.3 Å². The van der Waals surface area contributed by atoms with Crippen molar-refractivity contribution in [2.75, 3.05) is 43.2 Å². The summed E-state index contributed by atoms with van der Waals surface area (Å²) in [5.74, 6) is -2.10. The standard InChI is InChI=1S/C25H27N7O9S2/c1-41-25(35)17-7-2-3-8-18(17)30-32-23-21(26)19(14-20(22(23)27)43(38,39)40)31-29-16-6-4-5-15(13-16)24(34)28-9-11-42(36,37)12-10-33/h2-8,13-14,33H,9-12,26-27H2,1H3,(H,28,34)(H,38,39,40)/b31-29+,32-30+. The molecule has 0 saturated carbocycles. The molecule has 0 aliphatic heterocycles. The van der Waals surface area contributed by atoms with Crippen molar-refractivity contribution in [1.82, 2.24) is 5.32 Å². The van der Waals surface area contributed by atoms with Gasteiger partial charge in [0.25, 0.3) is 16.0 Å². The number of azo groups is 2.